The van der Waals surface area contributed by atoms with E-state index in [1.54, 1.807) is 11.0 Å². The third-order valence-electron chi connectivity index (χ3n) is 4.46. The molecule has 120 valence electrons. The van der Waals surface area contributed by atoms with Crippen LogP contribution in [0.4, 0.5) is 0 Å². The summed E-state index contributed by atoms with van der Waals surface area (Å²) in [6, 6.07) is 16.2. The van der Waals surface area contributed by atoms with Crippen molar-refractivity contribution in [2.45, 2.75) is 25.3 Å². The van der Waals surface area contributed by atoms with Gasteiger partial charge in [-0.3, -0.25) is 4.79 Å². The minimum absolute atomic E-state index is 0.0216. The van der Waals surface area contributed by atoms with Crippen molar-refractivity contribution in [1.29, 1.82) is 0 Å². The van der Waals surface area contributed by atoms with Crippen molar-refractivity contribution in [2.24, 2.45) is 0 Å². The van der Waals surface area contributed by atoms with Gasteiger partial charge in [-0.15, -0.1) is 0 Å². The molecule has 1 fully saturated rings. The highest BCUT2D eigenvalue weighted by atomic mass is 16.1. The van der Waals surface area contributed by atoms with Crippen molar-refractivity contribution in [2.75, 3.05) is 0 Å². The molecule has 0 bridgehead atoms. The second kappa shape index (κ2) is 5.92. The highest BCUT2D eigenvalue weighted by Crippen LogP contribution is 2.40. The molecule has 4 rings (SSSR count). The number of nitrogens with one attached hydrogen (secondary N) is 1. The van der Waals surface area contributed by atoms with Crippen LogP contribution in [-0.4, -0.2) is 26.7 Å². The number of nitrogens with zero attached hydrogens (tertiary/aromatic N) is 3. The number of hydrogen-bond acceptors (Lipinski definition) is 3. The van der Waals surface area contributed by atoms with Gasteiger partial charge in [0, 0.05) is 17.5 Å². The maximum Gasteiger partial charge on any atom is 0.251 e. The number of aromatic nitrogens is 3. The van der Waals surface area contributed by atoms with Crippen molar-refractivity contribution in [1.82, 2.24) is 20.1 Å². The molecule has 1 aliphatic rings. The second-order valence-corrected chi connectivity index (χ2v) is 6.17. The van der Waals surface area contributed by atoms with Crippen LogP contribution in [0.1, 0.15) is 33.8 Å². The molecule has 24 heavy (non-hydrogen) atoms. The average molecular weight is 318 g/mol. The second-order valence-electron chi connectivity index (χ2n) is 6.17. The van der Waals surface area contributed by atoms with Crippen LogP contribution in [0, 0.1) is 6.92 Å². The van der Waals surface area contributed by atoms with E-state index in [2.05, 4.69) is 27.5 Å². The van der Waals surface area contributed by atoms with Crippen LogP contribution < -0.4 is 5.32 Å². The lowest BCUT2D eigenvalue weighted by Crippen LogP contribution is -2.26. The SMILES string of the molecule is Cc1cc(C(=O)N[C@H]2C[C@@H]2c2ccccc2)ccc1-n1cncn1. The molecule has 2 atom stereocenters. The van der Waals surface area contributed by atoms with Gasteiger partial charge in [-0.1, -0.05) is 30.3 Å². The first-order valence-electron chi connectivity index (χ1n) is 8.04. The number of carbonyl (C=O) groups is 1. The van der Waals surface area contributed by atoms with E-state index in [1.165, 1.54) is 11.9 Å². The van der Waals surface area contributed by atoms with Crippen LogP contribution in [0.2, 0.25) is 0 Å². The van der Waals surface area contributed by atoms with E-state index in [9.17, 15) is 4.79 Å². The molecule has 0 saturated heterocycles. The van der Waals surface area contributed by atoms with Gasteiger partial charge in [-0.25, -0.2) is 9.67 Å². The molecule has 1 saturated carbocycles. The predicted octanol–water partition coefficient (Wildman–Crippen LogP) is 2.86. The summed E-state index contributed by atoms with van der Waals surface area (Å²) in [5.74, 6) is 0.414. The summed E-state index contributed by atoms with van der Waals surface area (Å²) in [7, 11) is 0. The molecule has 0 radical (unpaired) electrons. The fourth-order valence-electron chi connectivity index (χ4n) is 3.06. The topological polar surface area (TPSA) is 59.8 Å². The van der Waals surface area contributed by atoms with E-state index in [1.807, 2.05) is 43.3 Å². The molecule has 1 heterocycles. The van der Waals surface area contributed by atoms with Crippen molar-refractivity contribution in [3.8, 4) is 5.69 Å². The standard InChI is InChI=1S/C19H18N4O/c1-13-9-15(7-8-18(13)23-12-20-11-21-23)19(24)22-17-10-16(17)14-5-3-2-4-6-14/h2-9,11-12,16-17H,10H2,1H3,(H,22,24)/t16-,17+/m1/s1. The Morgan fingerprint density at radius 2 is 2.04 bits per heavy atom. The summed E-state index contributed by atoms with van der Waals surface area (Å²) in [4.78, 5) is 16.4. The minimum atomic E-state index is -0.0216. The van der Waals surface area contributed by atoms with E-state index in [4.69, 9.17) is 0 Å². The molecule has 1 N–H and O–H groups in total. The summed E-state index contributed by atoms with van der Waals surface area (Å²) in [6.07, 6.45) is 4.15. The number of amides is 1. The van der Waals surface area contributed by atoms with Crippen molar-refractivity contribution < 1.29 is 4.79 Å². The summed E-state index contributed by atoms with van der Waals surface area (Å²) >= 11 is 0. The highest BCUT2D eigenvalue weighted by molar-refractivity contribution is 5.95. The maximum absolute atomic E-state index is 12.5. The van der Waals surface area contributed by atoms with E-state index in [-0.39, 0.29) is 11.9 Å². The summed E-state index contributed by atoms with van der Waals surface area (Å²) in [5.41, 5.74) is 3.89. The van der Waals surface area contributed by atoms with Crippen molar-refractivity contribution >= 4 is 5.91 Å². The first kappa shape index (κ1) is 14.6. The first-order chi connectivity index (χ1) is 11.7. The smallest absolute Gasteiger partial charge is 0.251 e. The third kappa shape index (κ3) is 2.80. The number of benzene rings is 2. The zero-order valence-electron chi connectivity index (χ0n) is 13.4. The molecule has 1 amide bonds. The normalized spacial score (nSPS) is 19.0. The number of aryl methyl sites for hydroxylation is 1. The monoisotopic (exact) mass is 318 g/mol. The summed E-state index contributed by atoms with van der Waals surface area (Å²) in [6.45, 7) is 1.97. The molecule has 5 nitrogen and oxygen atoms in total. The lowest BCUT2D eigenvalue weighted by molar-refractivity contribution is 0.0950. The molecule has 0 aliphatic heterocycles. The number of carbonyl (C=O) groups excluding carboxylic acids is 1. The first-order valence-corrected chi connectivity index (χ1v) is 8.04. The van der Waals surface area contributed by atoms with Gasteiger partial charge in [0.2, 0.25) is 0 Å². The van der Waals surface area contributed by atoms with Gasteiger partial charge < -0.3 is 5.32 Å². The molecule has 3 aromatic rings. The predicted molar refractivity (Wildman–Crippen MR) is 91.2 cm³/mol. The van der Waals surface area contributed by atoms with Gasteiger partial charge in [-0.05, 0) is 42.7 Å². The fourth-order valence-corrected chi connectivity index (χ4v) is 3.06. The Morgan fingerprint density at radius 1 is 1.21 bits per heavy atom. The van der Waals surface area contributed by atoms with Crippen molar-refractivity contribution in [3.05, 3.63) is 77.9 Å². The van der Waals surface area contributed by atoms with Crippen LogP contribution in [0.25, 0.3) is 5.69 Å². The third-order valence-corrected chi connectivity index (χ3v) is 4.46. The Hall–Kier alpha value is -2.95. The molecular formula is C19H18N4O. The Kier molecular flexibility index (Phi) is 3.61. The van der Waals surface area contributed by atoms with Crippen LogP contribution >= 0.6 is 0 Å². The number of hydrogen-bond donors (Lipinski definition) is 1. The lowest BCUT2D eigenvalue weighted by atomic mass is 10.1. The quantitative estimate of drug-likeness (QED) is 0.804. The van der Waals surface area contributed by atoms with E-state index < -0.39 is 0 Å². The summed E-state index contributed by atoms with van der Waals surface area (Å²) in [5, 5.41) is 7.26. The lowest BCUT2D eigenvalue weighted by Gasteiger charge is -2.09. The van der Waals surface area contributed by atoms with E-state index >= 15 is 0 Å². The zero-order chi connectivity index (χ0) is 16.5. The summed E-state index contributed by atoms with van der Waals surface area (Å²) < 4.78 is 1.70. The van der Waals surface area contributed by atoms with Crippen molar-refractivity contribution in [3.63, 3.8) is 0 Å². The molecule has 0 spiro atoms. The van der Waals surface area contributed by atoms with E-state index in [0.717, 1.165) is 17.7 Å². The van der Waals surface area contributed by atoms with Crippen LogP contribution in [0.3, 0.4) is 0 Å². The van der Waals surface area contributed by atoms with E-state index in [0.29, 0.717) is 11.5 Å². The Morgan fingerprint density at radius 3 is 2.75 bits per heavy atom. The number of rotatable bonds is 4. The van der Waals surface area contributed by atoms with Gasteiger partial charge in [0.1, 0.15) is 12.7 Å². The molecule has 1 aliphatic carbocycles. The van der Waals surface area contributed by atoms with Gasteiger partial charge in [-0.2, -0.15) is 5.10 Å². The van der Waals surface area contributed by atoms with Gasteiger partial charge >= 0.3 is 0 Å². The van der Waals surface area contributed by atoms with Gasteiger partial charge in [0.25, 0.3) is 5.91 Å². The Bertz CT molecular complexity index is 858. The van der Waals surface area contributed by atoms with Crippen LogP contribution in [-0.2, 0) is 0 Å². The van der Waals surface area contributed by atoms with Gasteiger partial charge in [0.05, 0.1) is 5.69 Å². The molecule has 1 aromatic heterocycles. The largest absolute Gasteiger partial charge is 0.349 e. The molecular weight excluding hydrogens is 300 g/mol. The van der Waals surface area contributed by atoms with Crippen LogP contribution in [0.15, 0.2) is 61.2 Å². The Labute approximate surface area is 140 Å². The fraction of sp³-hybridized carbons (Fsp3) is 0.211. The van der Waals surface area contributed by atoms with Crippen LogP contribution in [0.5, 0.6) is 0 Å². The highest BCUT2D eigenvalue weighted by Gasteiger charge is 2.39. The van der Waals surface area contributed by atoms with Gasteiger partial charge in [0.15, 0.2) is 0 Å². The molecule has 2 aromatic carbocycles. The molecule has 0 unspecified atom stereocenters. The zero-order valence-corrected chi connectivity index (χ0v) is 13.4. The minimum Gasteiger partial charge on any atom is -0.349 e. The average Bonchev–Trinajstić information content (AvgIpc) is 3.15. The molecule has 5 heteroatoms. The maximum atomic E-state index is 12.5. The Balaban J connectivity index is 1.45.